The van der Waals surface area contributed by atoms with Crippen molar-refractivity contribution >= 4 is 11.0 Å². The van der Waals surface area contributed by atoms with E-state index in [1.54, 1.807) is 14.2 Å². The normalized spacial score (nSPS) is 10.7. The number of ether oxygens (including phenoxy) is 2. The van der Waals surface area contributed by atoms with Crippen LogP contribution in [0.1, 0.15) is 5.56 Å². The third-order valence-electron chi connectivity index (χ3n) is 3.33. The molecule has 0 aliphatic carbocycles. The Balaban J connectivity index is 1.95. The molecule has 102 valence electrons. The molecule has 0 radical (unpaired) electrons. The minimum Gasteiger partial charge on any atom is -0.493 e. The quantitative estimate of drug-likeness (QED) is 0.729. The number of rotatable bonds is 4. The number of hydrogen-bond donors (Lipinski definition) is 0. The maximum Gasteiger partial charge on any atom is 0.161 e. The monoisotopic (exact) mass is 268 g/mol. The van der Waals surface area contributed by atoms with Crippen LogP contribution in [0.4, 0.5) is 0 Å². The van der Waals surface area contributed by atoms with Crippen LogP contribution in [0.5, 0.6) is 11.5 Å². The van der Waals surface area contributed by atoms with E-state index in [-0.39, 0.29) is 0 Å². The molecule has 0 bridgehead atoms. The lowest BCUT2D eigenvalue weighted by atomic mass is 10.2. The Labute approximate surface area is 117 Å². The third-order valence-corrected chi connectivity index (χ3v) is 3.33. The van der Waals surface area contributed by atoms with Gasteiger partial charge >= 0.3 is 0 Å². The first kappa shape index (κ1) is 12.5. The van der Waals surface area contributed by atoms with Gasteiger partial charge in [-0.2, -0.15) is 0 Å². The maximum atomic E-state index is 5.33. The number of benzene rings is 2. The summed E-state index contributed by atoms with van der Waals surface area (Å²) in [5, 5.41) is 0. The third kappa shape index (κ3) is 2.20. The first-order chi connectivity index (χ1) is 9.81. The van der Waals surface area contributed by atoms with E-state index in [4.69, 9.17) is 9.47 Å². The minimum absolute atomic E-state index is 0.742. The molecular formula is C16H16N2O2. The molecule has 0 N–H and O–H groups in total. The van der Waals surface area contributed by atoms with Gasteiger partial charge in [0.1, 0.15) is 0 Å². The standard InChI is InChI=1S/C16H16N2O2/c1-19-15-8-7-12(9-16(15)20-2)10-18-11-17-13-5-3-4-6-14(13)18/h3-9,11H,10H2,1-2H3. The summed E-state index contributed by atoms with van der Waals surface area (Å²) in [6.45, 7) is 0.751. The number of para-hydroxylation sites is 2. The van der Waals surface area contributed by atoms with Gasteiger partial charge in [0.05, 0.1) is 31.6 Å². The minimum atomic E-state index is 0.742. The Bertz CT molecular complexity index is 734. The molecule has 0 saturated carbocycles. The highest BCUT2D eigenvalue weighted by Crippen LogP contribution is 2.28. The lowest BCUT2D eigenvalue weighted by Crippen LogP contribution is -1.99. The van der Waals surface area contributed by atoms with E-state index >= 15 is 0 Å². The van der Waals surface area contributed by atoms with Gasteiger partial charge in [0.2, 0.25) is 0 Å². The van der Waals surface area contributed by atoms with Crippen molar-refractivity contribution < 1.29 is 9.47 Å². The molecule has 1 heterocycles. The molecule has 3 rings (SSSR count). The first-order valence-corrected chi connectivity index (χ1v) is 6.42. The number of nitrogens with zero attached hydrogens (tertiary/aromatic N) is 2. The molecule has 0 spiro atoms. The van der Waals surface area contributed by atoms with E-state index in [0.29, 0.717) is 0 Å². The summed E-state index contributed by atoms with van der Waals surface area (Å²) in [6, 6.07) is 14.1. The molecule has 0 saturated heterocycles. The van der Waals surface area contributed by atoms with Gasteiger partial charge in [0, 0.05) is 6.54 Å². The van der Waals surface area contributed by atoms with Crippen molar-refractivity contribution in [2.75, 3.05) is 14.2 Å². The van der Waals surface area contributed by atoms with Crippen molar-refractivity contribution in [2.45, 2.75) is 6.54 Å². The fraction of sp³-hybridized carbons (Fsp3) is 0.188. The van der Waals surface area contributed by atoms with E-state index in [2.05, 4.69) is 15.6 Å². The van der Waals surface area contributed by atoms with Crippen LogP contribution in [0.25, 0.3) is 11.0 Å². The molecular weight excluding hydrogens is 252 g/mol. The Kier molecular flexibility index (Phi) is 3.29. The van der Waals surface area contributed by atoms with E-state index in [1.807, 2.05) is 42.7 Å². The number of methoxy groups -OCH3 is 2. The molecule has 0 unspecified atom stereocenters. The number of aromatic nitrogens is 2. The lowest BCUT2D eigenvalue weighted by molar-refractivity contribution is 0.354. The van der Waals surface area contributed by atoms with Crippen LogP contribution in [0.15, 0.2) is 48.8 Å². The highest BCUT2D eigenvalue weighted by atomic mass is 16.5. The van der Waals surface area contributed by atoms with Gasteiger partial charge in [-0.25, -0.2) is 4.98 Å². The number of imidazole rings is 1. The van der Waals surface area contributed by atoms with Crippen LogP contribution >= 0.6 is 0 Å². The SMILES string of the molecule is COc1ccc(Cn2cnc3ccccc32)cc1OC. The predicted molar refractivity (Wildman–Crippen MR) is 78.4 cm³/mol. The topological polar surface area (TPSA) is 36.3 Å². The van der Waals surface area contributed by atoms with Crippen LogP contribution in [0, 0.1) is 0 Å². The van der Waals surface area contributed by atoms with E-state index in [9.17, 15) is 0 Å². The zero-order valence-electron chi connectivity index (χ0n) is 11.5. The molecule has 4 nitrogen and oxygen atoms in total. The molecule has 0 atom stereocenters. The van der Waals surface area contributed by atoms with Crippen molar-refractivity contribution in [3.05, 3.63) is 54.4 Å². The van der Waals surface area contributed by atoms with E-state index in [0.717, 1.165) is 34.6 Å². The molecule has 2 aromatic carbocycles. The number of fused-ring (bicyclic) bond motifs is 1. The van der Waals surface area contributed by atoms with Crippen molar-refractivity contribution in [3.63, 3.8) is 0 Å². The molecule has 0 aliphatic rings. The summed E-state index contributed by atoms with van der Waals surface area (Å²) < 4.78 is 12.7. The molecule has 0 fully saturated rings. The zero-order valence-corrected chi connectivity index (χ0v) is 11.5. The van der Waals surface area contributed by atoms with Crippen molar-refractivity contribution in [2.24, 2.45) is 0 Å². The summed E-state index contributed by atoms with van der Waals surface area (Å²) >= 11 is 0. The van der Waals surface area contributed by atoms with Crippen molar-refractivity contribution in [1.29, 1.82) is 0 Å². The second-order valence-corrected chi connectivity index (χ2v) is 4.55. The maximum absolute atomic E-state index is 5.33. The van der Waals surface area contributed by atoms with Crippen LogP contribution in [-0.4, -0.2) is 23.8 Å². The molecule has 4 heteroatoms. The van der Waals surface area contributed by atoms with E-state index < -0.39 is 0 Å². The molecule has 20 heavy (non-hydrogen) atoms. The summed E-state index contributed by atoms with van der Waals surface area (Å²) in [5.74, 6) is 1.49. The van der Waals surface area contributed by atoms with E-state index in [1.165, 1.54) is 0 Å². The zero-order chi connectivity index (χ0) is 13.9. The second kappa shape index (κ2) is 5.25. The average Bonchev–Trinajstić information content (AvgIpc) is 2.90. The Morgan fingerprint density at radius 1 is 1.00 bits per heavy atom. The van der Waals surface area contributed by atoms with Gasteiger partial charge < -0.3 is 14.0 Å². The number of hydrogen-bond acceptors (Lipinski definition) is 3. The molecule has 3 aromatic rings. The van der Waals surface area contributed by atoms with Gasteiger partial charge in [-0.1, -0.05) is 18.2 Å². The largest absolute Gasteiger partial charge is 0.493 e. The smallest absolute Gasteiger partial charge is 0.161 e. The summed E-state index contributed by atoms with van der Waals surface area (Å²) in [5.41, 5.74) is 3.28. The summed E-state index contributed by atoms with van der Waals surface area (Å²) in [7, 11) is 3.29. The van der Waals surface area contributed by atoms with Crippen molar-refractivity contribution in [1.82, 2.24) is 9.55 Å². The van der Waals surface area contributed by atoms with Gasteiger partial charge in [-0.3, -0.25) is 0 Å². The Morgan fingerprint density at radius 3 is 2.60 bits per heavy atom. The van der Waals surface area contributed by atoms with Gasteiger partial charge in [0.15, 0.2) is 11.5 Å². The lowest BCUT2D eigenvalue weighted by Gasteiger charge is -2.10. The van der Waals surface area contributed by atoms with Crippen LogP contribution in [0.2, 0.25) is 0 Å². The molecule has 0 amide bonds. The van der Waals surface area contributed by atoms with Crippen LogP contribution in [-0.2, 0) is 6.54 Å². The fourth-order valence-corrected chi connectivity index (χ4v) is 2.31. The van der Waals surface area contributed by atoms with Gasteiger partial charge in [-0.15, -0.1) is 0 Å². The van der Waals surface area contributed by atoms with Crippen molar-refractivity contribution in [3.8, 4) is 11.5 Å². The fourth-order valence-electron chi connectivity index (χ4n) is 2.31. The Morgan fingerprint density at radius 2 is 1.80 bits per heavy atom. The molecule has 0 aliphatic heterocycles. The average molecular weight is 268 g/mol. The highest BCUT2D eigenvalue weighted by Gasteiger charge is 2.06. The molecule has 1 aromatic heterocycles. The predicted octanol–water partition coefficient (Wildman–Crippen LogP) is 3.10. The highest BCUT2D eigenvalue weighted by molar-refractivity contribution is 5.75. The second-order valence-electron chi connectivity index (χ2n) is 4.55. The summed E-state index contributed by atoms with van der Waals surface area (Å²) in [6.07, 6.45) is 1.86. The first-order valence-electron chi connectivity index (χ1n) is 6.42. The van der Waals surface area contributed by atoms with Crippen LogP contribution in [0.3, 0.4) is 0 Å². The van der Waals surface area contributed by atoms with Gasteiger partial charge in [0.25, 0.3) is 0 Å². The van der Waals surface area contributed by atoms with Gasteiger partial charge in [-0.05, 0) is 29.8 Å². The Hall–Kier alpha value is -2.49. The van der Waals surface area contributed by atoms with Crippen LogP contribution < -0.4 is 9.47 Å². The summed E-state index contributed by atoms with van der Waals surface area (Å²) in [4.78, 5) is 4.40.